The minimum atomic E-state index is -0.636. The molecule has 0 unspecified atom stereocenters. The van der Waals surface area contributed by atoms with Gasteiger partial charge in [0.2, 0.25) is 5.91 Å². The first kappa shape index (κ1) is 15.0. The van der Waals surface area contributed by atoms with E-state index in [-0.39, 0.29) is 11.8 Å². The van der Waals surface area contributed by atoms with Gasteiger partial charge >= 0.3 is 0 Å². The molecule has 0 radical (unpaired) electrons. The highest BCUT2D eigenvalue weighted by atomic mass is 16.2. The van der Waals surface area contributed by atoms with Crippen LogP contribution in [0.1, 0.15) is 28.4 Å². The monoisotopic (exact) mass is 306 g/mol. The molecule has 0 aromatic heterocycles. The zero-order chi connectivity index (χ0) is 16.6. The normalized spacial score (nSPS) is 14.6. The van der Waals surface area contributed by atoms with Crippen LogP contribution in [0.3, 0.4) is 0 Å². The van der Waals surface area contributed by atoms with Crippen LogP contribution in [0.4, 0.5) is 5.69 Å². The van der Waals surface area contributed by atoms with E-state index in [1.54, 1.807) is 13.0 Å². The quantitative estimate of drug-likeness (QED) is 0.944. The van der Waals surface area contributed by atoms with Crippen molar-refractivity contribution in [3.8, 4) is 0 Å². The van der Waals surface area contributed by atoms with Gasteiger partial charge in [-0.15, -0.1) is 0 Å². The van der Waals surface area contributed by atoms with E-state index < -0.39 is 6.04 Å². The highest BCUT2D eigenvalue weighted by Crippen LogP contribution is 2.33. The highest BCUT2D eigenvalue weighted by Gasteiger charge is 2.36. The minimum absolute atomic E-state index is 0.183. The second-order valence-electron chi connectivity index (χ2n) is 5.70. The fourth-order valence-corrected chi connectivity index (χ4v) is 2.80. The van der Waals surface area contributed by atoms with Crippen molar-refractivity contribution in [3.63, 3.8) is 0 Å². The number of nitrogens with zero attached hydrogens (tertiary/aromatic N) is 1. The van der Waals surface area contributed by atoms with Crippen LogP contribution in [0.15, 0.2) is 55.1 Å². The summed E-state index contributed by atoms with van der Waals surface area (Å²) in [5, 5.41) is 2.85. The third-order valence-corrected chi connectivity index (χ3v) is 4.03. The average Bonchev–Trinajstić information content (AvgIpc) is 2.79. The first-order valence-corrected chi connectivity index (χ1v) is 7.48. The van der Waals surface area contributed by atoms with Crippen LogP contribution >= 0.6 is 0 Å². The SMILES string of the molecule is C=C1c2ccccc2C(=O)N1[C@H](C)C(=O)Nc1cccc(C)c1. The van der Waals surface area contributed by atoms with E-state index in [1.165, 1.54) is 4.90 Å². The number of amides is 2. The van der Waals surface area contributed by atoms with Gasteiger partial charge in [-0.05, 0) is 37.6 Å². The van der Waals surface area contributed by atoms with Gasteiger partial charge in [-0.1, -0.05) is 36.9 Å². The van der Waals surface area contributed by atoms with Crippen LogP contribution < -0.4 is 5.32 Å². The summed E-state index contributed by atoms with van der Waals surface area (Å²) in [6.07, 6.45) is 0. The first-order chi connectivity index (χ1) is 11.0. The molecule has 116 valence electrons. The lowest BCUT2D eigenvalue weighted by atomic mass is 10.1. The Labute approximate surface area is 135 Å². The predicted molar refractivity (Wildman–Crippen MR) is 90.9 cm³/mol. The number of benzene rings is 2. The van der Waals surface area contributed by atoms with Gasteiger partial charge in [-0.3, -0.25) is 14.5 Å². The number of nitrogens with one attached hydrogen (secondary N) is 1. The van der Waals surface area contributed by atoms with Crippen molar-refractivity contribution < 1.29 is 9.59 Å². The summed E-state index contributed by atoms with van der Waals surface area (Å²) < 4.78 is 0. The Balaban J connectivity index is 1.81. The molecule has 0 spiro atoms. The summed E-state index contributed by atoms with van der Waals surface area (Å²) in [5.41, 5.74) is 3.72. The summed E-state index contributed by atoms with van der Waals surface area (Å²) >= 11 is 0. The maximum atomic E-state index is 12.5. The number of fused-ring (bicyclic) bond motifs is 1. The third-order valence-electron chi connectivity index (χ3n) is 4.03. The zero-order valence-electron chi connectivity index (χ0n) is 13.2. The maximum Gasteiger partial charge on any atom is 0.259 e. The highest BCUT2D eigenvalue weighted by molar-refractivity contribution is 6.11. The number of carbonyl (C=O) groups excluding carboxylic acids is 2. The molecular weight excluding hydrogens is 288 g/mol. The molecule has 4 heteroatoms. The number of aryl methyl sites for hydroxylation is 1. The number of hydrogen-bond acceptors (Lipinski definition) is 2. The second-order valence-corrected chi connectivity index (χ2v) is 5.70. The molecule has 1 aliphatic rings. The molecule has 0 aliphatic carbocycles. The molecule has 1 N–H and O–H groups in total. The summed E-state index contributed by atoms with van der Waals surface area (Å²) in [4.78, 5) is 26.5. The van der Waals surface area contributed by atoms with Gasteiger partial charge < -0.3 is 5.32 Å². The van der Waals surface area contributed by atoms with E-state index in [1.807, 2.05) is 49.4 Å². The summed E-state index contributed by atoms with van der Waals surface area (Å²) in [6, 6.07) is 14.2. The second kappa shape index (κ2) is 5.72. The molecule has 2 amide bonds. The van der Waals surface area contributed by atoms with E-state index in [2.05, 4.69) is 11.9 Å². The van der Waals surface area contributed by atoms with Crippen LogP contribution in [-0.2, 0) is 4.79 Å². The molecule has 2 aromatic rings. The number of hydrogen-bond donors (Lipinski definition) is 1. The average molecular weight is 306 g/mol. The van der Waals surface area contributed by atoms with Crippen molar-refractivity contribution in [2.45, 2.75) is 19.9 Å². The standard InChI is InChI=1S/C19H18N2O2/c1-12-7-6-8-15(11-12)20-18(22)14(3)21-13(2)16-9-4-5-10-17(16)19(21)23/h4-11,14H,2H2,1,3H3,(H,20,22)/t14-/m1/s1. The van der Waals surface area contributed by atoms with Crippen molar-refractivity contribution in [3.05, 3.63) is 71.8 Å². The minimum Gasteiger partial charge on any atom is -0.324 e. The van der Waals surface area contributed by atoms with Gasteiger partial charge in [-0.2, -0.15) is 0 Å². The molecule has 23 heavy (non-hydrogen) atoms. The Hall–Kier alpha value is -2.88. The molecule has 0 saturated heterocycles. The van der Waals surface area contributed by atoms with E-state index in [9.17, 15) is 9.59 Å². The van der Waals surface area contributed by atoms with E-state index in [0.717, 1.165) is 16.8 Å². The lowest BCUT2D eigenvalue weighted by molar-refractivity contribution is -0.119. The van der Waals surface area contributed by atoms with E-state index >= 15 is 0 Å². The van der Waals surface area contributed by atoms with Crippen molar-refractivity contribution in [2.75, 3.05) is 5.32 Å². The topological polar surface area (TPSA) is 49.4 Å². The molecule has 4 nitrogen and oxygen atoms in total. The molecule has 1 atom stereocenters. The van der Waals surface area contributed by atoms with E-state index in [4.69, 9.17) is 0 Å². The van der Waals surface area contributed by atoms with Crippen LogP contribution in [-0.4, -0.2) is 22.8 Å². The Bertz CT molecular complexity index is 776. The van der Waals surface area contributed by atoms with E-state index in [0.29, 0.717) is 11.3 Å². The van der Waals surface area contributed by atoms with Crippen LogP contribution in [0.25, 0.3) is 5.70 Å². The Kier molecular flexibility index (Phi) is 3.74. The molecule has 0 fully saturated rings. The smallest absolute Gasteiger partial charge is 0.259 e. The lowest BCUT2D eigenvalue weighted by Gasteiger charge is -2.24. The van der Waals surface area contributed by atoms with Gasteiger partial charge in [0.25, 0.3) is 5.91 Å². The van der Waals surface area contributed by atoms with Crippen LogP contribution in [0.2, 0.25) is 0 Å². The van der Waals surface area contributed by atoms with Crippen LogP contribution in [0, 0.1) is 6.92 Å². The molecule has 3 rings (SSSR count). The Morgan fingerprint density at radius 1 is 1.13 bits per heavy atom. The summed E-state index contributed by atoms with van der Waals surface area (Å²) in [5.74, 6) is -0.421. The fourth-order valence-electron chi connectivity index (χ4n) is 2.80. The van der Waals surface area contributed by atoms with Gasteiger partial charge in [0.05, 0.1) is 0 Å². The van der Waals surface area contributed by atoms with Crippen LogP contribution in [0.5, 0.6) is 0 Å². The first-order valence-electron chi connectivity index (χ1n) is 7.48. The zero-order valence-corrected chi connectivity index (χ0v) is 13.2. The Morgan fingerprint density at radius 2 is 1.83 bits per heavy atom. The summed E-state index contributed by atoms with van der Waals surface area (Å²) in [6.45, 7) is 7.65. The Morgan fingerprint density at radius 3 is 2.48 bits per heavy atom. The molecule has 1 aliphatic heterocycles. The number of anilines is 1. The molecular formula is C19H18N2O2. The molecule has 0 bridgehead atoms. The summed E-state index contributed by atoms with van der Waals surface area (Å²) in [7, 11) is 0. The number of carbonyl (C=O) groups is 2. The molecule has 1 heterocycles. The van der Waals surface area contributed by atoms with Crippen molar-refractivity contribution >= 4 is 23.2 Å². The maximum absolute atomic E-state index is 12.5. The lowest BCUT2D eigenvalue weighted by Crippen LogP contribution is -2.41. The van der Waals surface area contributed by atoms with Gasteiger partial charge in [0.15, 0.2) is 0 Å². The van der Waals surface area contributed by atoms with Gasteiger partial charge in [0.1, 0.15) is 6.04 Å². The van der Waals surface area contributed by atoms with Gasteiger partial charge in [0, 0.05) is 22.5 Å². The van der Waals surface area contributed by atoms with Crippen molar-refractivity contribution in [1.29, 1.82) is 0 Å². The largest absolute Gasteiger partial charge is 0.324 e. The third kappa shape index (κ3) is 2.63. The molecule has 2 aromatic carbocycles. The predicted octanol–water partition coefficient (Wildman–Crippen LogP) is 3.45. The number of rotatable bonds is 3. The van der Waals surface area contributed by atoms with Gasteiger partial charge in [-0.25, -0.2) is 0 Å². The fraction of sp³-hybridized carbons (Fsp3) is 0.158. The molecule has 0 saturated carbocycles. The van der Waals surface area contributed by atoms with Crippen molar-refractivity contribution in [2.24, 2.45) is 0 Å². The van der Waals surface area contributed by atoms with Crippen molar-refractivity contribution in [1.82, 2.24) is 4.90 Å².